The fourth-order valence-corrected chi connectivity index (χ4v) is 1.08. The van der Waals surface area contributed by atoms with E-state index in [0.29, 0.717) is 0 Å². The van der Waals surface area contributed by atoms with Crippen molar-refractivity contribution in [3.8, 4) is 0 Å². The number of hydrogen-bond acceptors (Lipinski definition) is 8. The van der Waals surface area contributed by atoms with Gasteiger partial charge in [-0.05, 0) is 0 Å². The number of ether oxygens (including phenoxy) is 6. The number of carbonyl (C=O) groups excluding carboxylic acids is 2. The Morgan fingerprint density at radius 3 is 2.45 bits per heavy atom. The van der Waals surface area contributed by atoms with Crippen LogP contribution in [0.25, 0.3) is 0 Å². The molecule has 0 radical (unpaired) electrons. The highest BCUT2D eigenvalue weighted by atomic mass is 16.7. The molecule has 0 saturated carbocycles. The topological polar surface area (TPSA) is 89.5 Å². The van der Waals surface area contributed by atoms with Gasteiger partial charge in [-0.15, -0.1) is 0 Å². The molecule has 0 aliphatic carbocycles. The van der Waals surface area contributed by atoms with Gasteiger partial charge in [-0.3, -0.25) is 4.79 Å². The zero-order chi connectivity index (χ0) is 16.6. The molecule has 126 valence electrons. The Bertz CT molecular complexity index is 353. The molecule has 22 heavy (non-hydrogen) atoms. The van der Waals surface area contributed by atoms with Gasteiger partial charge in [0, 0.05) is 0 Å². The van der Waals surface area contributed by atoms with Crippen molar-refractivity contribution in [1.29, 1.82) is 0 Å². The molecule has 0 atom stereocenters. The van der Waals surface area contributed by atoms with Gasteiger partial charge in [-0.1, -0.05) is 13.2 Å². The largest absolute Gasteiger partial charge is 0.476 e. The highest BCUT2D eigenvalue weighted by Crippen LogP contribution is 1.95. The Kier molecular flexibility index (Phi) is 12.8. The maximum absolute atomic E-state index is 11.3. The first-order valence-electron chi connectivity index (χ1n) is 6.49. The first-order chi connectivity index (χ1) is 10.6. The molecule has 0 aliphatic rings. The van der Waals surface area contributed by atoms with E-state index in [0.717, 1.165) is 0 Å². The maximum Gasteiger partial charge on any atom is 0.335 e. The zero-order valence-electron chi connectivity index (χ0n) is 12.7. The number of methoxy groups -OCH3 is 1. The lowest BCUT2D eigenvalue weighted by Gasteiger charge is -2.07. The fourth-order valence-electron chi connectivity index (χ4n) is 1.08. The van der Waals surface area contributed by atoms with E-state index in [1.807, 2.05) is 0 Å². The van der Waals surface area contributed by atoms with Crippen molar-refractivity contribution in [3.63, 3.8) is 0 Å². The third-order valence-corrected chi connectivity index (χ3v) is 2.13. The minimum atomic E-state index is -0.538. The number of esters is 2. The summed E-state index contributed by atoms with van der Waals surface area (Å²) >= 11 is 0. The van der Waals surface area contributed by atoms with Crippen molar-refractivity contribution in [2.45, 2.75) is 6.42 Å². The summed E-state index contributed by atoms with van der Waals surface area (Å²) in [7, 11) is 1.26. The van der Waals surface area contributed by atoms with Gasteiger partial charge in [-0.2, -0.15) is 0 Å². The number of carbonyl (C=O) groups is 2. The van der Waals surface area contributed by atoms with E-state index >= 15 is 0 Å². The SMILES string of the molecule is C=COCOCCOC(=O)CCOCOCC(=C)C(=O)OC. The summed E-state index contributed by atoms with van der Waals surface area (Å²) in [5, 5.41) is 0. The third-order valence-electron chi connectivity index (χ3n) is 2.13. The van der Waals surface area contributed by atoms with E-state index in [1.165, 1.54) is 13.4 Å². The lowest BCUT2D eigenvalue weighted by Crippen LogP contribution is -2.14. The van der Waals surface area contributed by atoms with Gasteiger partial charge in [0.25, 0.3) is 0 Å². The quantitative estimate of drug-likeness (QED) is 0.153. The van der Waals surface area contributed by atoms with Crippen molar-refractivity contribution in [3.05, 3.63) is 25.0 Å². The summed E-state index contributed by atoms with van der Waals surface area (Å²) in [5.74, 6) is -0.948. The van der Waals surface area contributed by atoms with Crippen LogP contribution >= 0.6 is 0 Å². The molecule has 0 aromatic rings. The molecule has 0 bridgehead atoms. The second-order valence-corrected chi connectivity index (χ2v) is 3.80. The maximum atomic E-state index is 11.3. The minimum absolute atomic E-state index is 0.00123. The van der Waals surface area contributed by atoms with E-state index in [9.17, 15) is 9.59 Å². The Balaban J connectivity index is 3.36. The standard InChI is InChI=1S/C14H22O8/c1-4-18-10-20-7-8-22-13(15)5-6-19-11-21-9-12(2)14(16)17-3/h4H,1-2,5-11H2,3H3. The van der Waals surface area contributed by atoms with Crippen LogP contribution in [0.1, 0.15) is 6.42 Å². The van der Waals surface area contributed by atoms with E-state index < -0.39 is 11.9 Å². The highest BCUT2D eigenvalue weighted by molar-refractivity contribution is 5.87. The van der Waals surface area contributed by atoms with E-state index in [4.69, 9.17) is 23.7 Å². The lowest BCUT2D eigenvalue weighted by molar-refractivity contribution is -0.148. The molecule has 0 spiro atoms. The Hall–Kier alpha value is -1.90. The van der Waals surface area contributed by atoms with Gasteiger partial charge in [-0.25, -0.2) is 4.79 Å². The second-order valence-electron chi connectivity index (χ2n) is 3.80. The van der Waals surface area contributed by atoms with Crippen LogP contribution in [0.4, 0.5) is 0 Å². The van der Waals surface area contributed by atoms with Crippen LogP contribution in [0.2, 0.25) is 0 Å². The molecule has 0 aliphatic heterocycles. The molecule has 0 saturated heterocycles. The smallest absolute Gasteiger partial charge is 0.335 e. The zero-order valence-corrected chi connectivity index (χ0v) is 12.7. The molecule has 0 heterocycles. The summed E-state index contributed by atoms with van der Waals surface area (Å²) in [6.45, 7) is 7.34. The summed E-state index contributed by atoms with van der Waals surface area (Å²) in [5.41, 5.74) is 0.186. The fraction of sp³-hybridized carbons (Fsp3) is 0.571. The predicted octanol–water partition coefficient (Wildman–Crippen LogP) is 0.774. The second kappa shape index (κ2) is 14.1. The summed E-state index contributed by atoms with van der Waals surface area (Å²) in [6, 6.07) is 0. The van der Waals surface area contributed by atoms with Gasteiger partial charge in [0.05, 0.1) is 45.2 Å². The molecule has 8 nitrogen and oxygen atoms in total. The average molecular weight is 318 g/mol. The molecule has 8 heteroatoms. The van der Waals surface area contributed by atoms with Crippen molar-refractivity contribution in [1.82, 2.24) is 0 Å². The monoisotopic (exact) mass is 318 g/mol. The van der Waals surface area contributed by atoms with E-state index in [1.54, 1.807) is 0 Å². The van der Waals surface area contributed by atoms with E-state index in [2.05, 4.69) is 17.9 Å². The van der Waals surface area contributed by atoms with Gasteiger partial charge in [0.2, 0.25) is 0 Å². The van der Waals surface area contributed by atoms with Crippen LogP contribution < -0.4 is 0 Å². The number of hydrogen-bond donors (Lipinski definition) is 0. The van der Waals surface area contributed by atoms with E-state index in [-0.39, 0.29) is 52.0 Å². The average Bonchev–Trinajstić information content (AvgIpc) is 2.52. The minimum Gasteiger partial charge on any atom is -0.476 e. The molecular weight excluding hydrogens is 296 g/mol. The van der Waals surface area contributed by atoms with Gasteiger partial charge in [0.1, 0.15) is 13.4 Å². The Morgan fingerprint density at radius 2 is 1.77 bits per heavy atom. The highest BCUT2D eigenvalue weighted by Gasteiger charge is 2.06. The Labute approximate surface area is 129 Å². The molecule has 0 fully saturated rings. The number of rotatable bonds is 14. The van der Waals surface area contributed by atoms with Gasteiger partial charge in [0.15, 0.2) is 6.79 Å². The predicted molar refractivity (Wildman–Crippen MR) is 75.6 cm³/mol. The molecule has 0 amide bonds. The van der Waals surface area contributed by atoms with Crippen LogP contribution in [0.15, 0.2) is 25.0 Å². The summed E-state index contributed by atoms with van der Waals surface area (Å²) < 4.78 is 29.1. The van der Waals surface area contributed by atoms with Gasteiger partial charge < -0.3 is 28.4 Å². The lowest BCUT2D eigenvalue weighted by atomic mass is 10.3. The van der Waals surface area contributed by atoms with Crippen LogP contribution in [0.3, 0.4) is 0 Å². The molecular formula is C14H22O8. The molecule has 0 aromatic heterocycles. The van der Waals surface area contributed by atoms with Gasteiger partial charge >= 0.3 is 11.9 Å². The van der Waals surface area contributed by atoms with Crippen LogP contribution in [0, 0.1) is 0 Å². The van der Waals surface area contributed by atoms with Crippen molar-refractivity contribution < 1.29 is 38.0 Å². The van der Waals surface area contributed by atoms with Crippen molar-refractivity contribution in [2.24, 2.45) is 0 Å². The Morgan fingerprint density at radius 1 is 1.05 bits per heavy atom. The molecule has 0 N–H and O–H groups in total. The first-order valence-corrected chi connectivity index (χ1v) is 6.49. The third kappa shape index (κ3) is 11.9. The summed E-state index contributed by atoms with van der Waals surface area (Å²) in [4.78, 5) is 22.3. The van der Waals surface area contributed by atoms with Crippen LogP contribution in [-0.2, 0) is 38.0 Å². The van der Waals surface area contributed by atoms with Crippen molar-refractivity contribution >= 4 is 11.9 Å². The van der Waals surface area contributed by atoms with Crippen LogP contribution in [0.5, 0.6) is 0 Å². The molecule has 0 unspecified atom stereocenters. The normalized spacial score (nSPS) is 9.86. The molecule has 0 rings (SSSR count). The summed E-state index contributed by atoms with van der Waals surface area (Å²) in [6.07, 6.45) is 1.34. The van der Waals surface area contributed by atoms with Crippen molar-refractivity contribution in [2.75, 3.05) is 47.1 Å². The molecule has 0 aromatic carbocycles. The van der Waals surface area contributed by atoms with Crippen LogP contribution in [-0.4, -0.2) is 59.1 Å². The first kappa shape index (κ1) is 20.1.